The van der Waals surface area contributed by atoms with Gasteiger partial charge in [0.1, 0.15) is 5.54 Å². The van der Waals surface area contributed by atoms with Gasteiger partial charge in [0.25, 0.3) is 0 Å². The maximum atomic E-state index is 12.1. The molecule has 0 aromatic carbocycles. The van der Waals surface area contributed by atoms with Gasteiger partial charge in [0.2, 0.25) is 0 Å². The monoisotopic (exact) mass is 265 g/mol. The van der Waals surface area contributed by atoms with Gasteiger partial charge in [-0.2, -0.15) is 18.4 Å². The van der Waals surface area contributed by atoms with Crippen LogP contribution in [0.25, 0.3) is 0 Å². The molecule has 0 aliphatic rings. The fourth-order valence-corrected chi connectivity index (χ4v) is 1.82. The summed E-state index contributed by atoms with van der Waals surface area (Å²) in [7, 11) is 1.46. The highest BCUT2D eigenvalue weighted by molar-refractivity contribution is 5.03. The molecule has 1 atom stereocenters. The number of hydrogen-bond donors (Lipinski definition) is 1. The van der Waals surface area contributed by atoms with Crippen LogP contribution in [0.5, 0.6) is 0 Å². The zero-order valence-electron chi connectivity index (χ0n) is 11.3. The van der Waals surface area contributed by atoms with Crippen molar-refractivity contribution in [3.8, 4) is 6.07 Å². The van der Waals surface area contributed by atoms with Crippen LogP contribution in [-0.4, -0.2) is 43.3 Å². The molecule has 0 aromatic rings. The van der Waals surface area contributed by atoms with E-state index in [0.717, 1.165) is 6.42 Å². The van der Waals surface area contributed by atoms with Gasteiger partial charge in [-0.1, -0.05) is 6.92 Å². The van der Waals surface area contributed by atoms with Gasteiger partial charge in [0.05, 0.1) is 12.6 Å². The molecule has 0 saturated heterocycles. The second kappa shape index (κ2) is 7.59. The molecule has 3 nitrogen and oxygen atoms in total. The average Bonchev–Trinajstić information content (AvgIpc) is 2.22. The van der Waals surface area contributed by atoms with Crippen molar-refractivity contribution in [1.82, 2.24) is 10.2 Å². The molecule has 0 amide bonds. The molecule has 0 radical (unpaired) electrons. The van der Waals surface area contributed by atoms with E-state index in [2.05, 4.69) is 11.4 Å². The molecule has 0 saturated carbocycles. The summed E-state index contributed by atoms with van der Waals surface area (Å²) in [6, 6.07) is 2.20. The molecule has 18 heavy (non-hydrogen) atoms. The molecule has 0 aliphatic heterocycles. The molecule has 0 aromatic heterocycles. The SMILES string of the molecule is CCNC(C)(C#N)CCCCN(C)CC(F)(F)F. The molecule has 0 fully saturated rings. The lowest BCUT2D eigenvalue weighted by atomic mass is 9.96. The molecular formula is C12H22F3N3. The van der Waals surface area contributed by atoms with Gasteiger partial charge in [0.15, 0.2) is 0 Å². The fourth-order valence-electron chi connectivity index (χ4n) is 1.82. The first-order chi connectivity index (χ1) is 8.22. The van der Waals surface area contributed by atoms with Crippen LogP contribution in [0.2, 0.25) is 0 Å². The standard InChI is InChI=1S/C12H22F3N3/c1-4-17-11(2,9-16)7-5-6-8-18(3)10-12(13,14)15/h17H,4-8,10H2,1-3H3. The summed E-state index contributed by atoms with van der Waals surface area (Å²) < 4.78 is 36.2. The minimum Gasteiger partial charge on any atom is -0.300 e. The molecule has 1 N–H and O–H groups in total. The zero-order chi connectivity index (χ0) is 14.2. The molecule has 106 valence electrons. The van der Waals surface area contributed by atoms with Gasteiger partial charge in [-0.05, 0) is 46.3 Å². The Balaban J connectivity index is 3.83. The van der Waals surface area contributed by atoms with Crippen LogP contribution in [0, 0.1) is 11.3 Å². The number of nitrogens with zero attached hydrogens (tertiary/aromatic N) is 2. The Labute approximate surface area is 107 Å². The molecule has 0 aliphatic carbocycles. The number of alkyl halides is 3. The molecule has 0 heterocycles. The van der Waals surface area contributed by atoms with Crippen LogP contribution < -0.4 is 5.32 Å². The molecule has 0 rings (SSSR count). The Morgan fingerprint density at radius 3 is 2.33 bits per heavy atom. The Bertz CT molecular complexity index is 273. The van der Waals surface area contributed by atoms with E-state index in [4.69, 9.17) is 5.26 Å². The van der Waals surface area contributed by atoms with Crippen LogP contribution in [-0.2, 0) is 0 Å². The summed E-state index contributed by atoms with van der Waals surface area (Å²) in [5.74, 6) is 0. The van der Waals surface area contributed by atoms with Gasteiger partial charge in [-0.3, -0.25) is 10.2 Å². The van der Waals surface area contributed by atoms with Gasteiger partial charge >= 0.3 is 6.18 Å². The van der Waals surface area contributed by atoms with Crippen LogP contribution in [0.4, 0.5) is 13.2 Å². The summed E-state index contributed by atoms with van der Waals surface area (Å²) in [6.07, 6.45) is -2.09. The first-order valence-corrected chi connectivity index (χ1v) is 6.14. The van der Waals surface area contributed by atoms with Crippen molar-refractivity contribution in [3.63, 3.8) is 0 Å². The largest absolute Gasteiger partial charge is 0.401 e. The summed E-state index contributed by atoms with van der Waals surface area (Å²) >= 11 is 0. The minimum absolute atomic E-state index is 0.396. The van der Waals surface area contributed by atoms with E-state index in [-0.39, 0.29) is 0 Å². The maximum Gasteiger partial charge on any atom is 0.401 e. The summed E-state index contributed by atoms with van der Waals surface area (Å²) in [6.45, 7) is 3.96. The predicted molar refractivity (Wildman–Crippen MR) is 65.1 cm³/mol. The maximum absolute atomic E-state index is 12.1. The van der Waals surface area contributed by atoms with Crippen molar-refractivity contribution >= 4 is 0 Å². The highest BCUT2D eigenvalue weighted by atomic mass is 19.4. The third-order valence-electron chi connectivity index (χ3n) is 2.73. The van der Waals surface area contributed by atoms with E-state index in [0.29, 0.717) is 25.9 Å². The van der Waals surface area contributed by atoms with Crippen LogP contribution in [0.15, 0.2) is 0 Å². The Kier molecular flexibility index (Phi) is 7.26. The summed E-state index contributed by atoms with van der Waals surface area (Å²) in [5.41, 5.74) is -0.572. The first kappa shape index (κ1) is 17.2. The van der Waals surface area contributed by atoms with E-state index in [9.17, 15) is 13.2 Å². The number of nitrogens with one attached hydrogen (secondary N) is 1. The Morgan fingerprint density at radius 2 is 1.89 bits per heavy atom. The fraction of sp³-hybridized carbons (Fsp3) is 0.917. The van der Waals surface area contributed by atoms with Gasteiger partial charge in [-0.15, -0.1) is 0 Å². The number of rotatable bonds is 8. The zero-order valence-corrected chi connectivity index (χ0v) is 11.3. The highest BCUT2D eigenvalue weighted by Gasteiger charge is 2.29. The third kappa shape index (κ3) is 8.31. The quantitative estimate of drug-likeness (QED) is 0.685. The lowest BCUT2D eigenvalue weighted by molar-refractivity contribution is -0.143. The van der Waals surface area contributed by atoms with Gasteiger partial charge in [0, 0.05) is 0 Å². The second-order valence-corrected chi connectivity index (χ2v) is 4.78. The van der Waals surface area contributed by atoms with Gasteiger partial charge < -0.3 is 0 Å². The average molecular weight is 265 g/mol. The van der Waals surface area contributed by atoms with Crippen LogP contribution >= 0.6 is 0 Å². The van der Waals surface area contributed by atoms with E-state index in [1.54, 1.807) is 0 Å². The van der Waals surface area contributed by atoms with Crippen molar-refractivity contribution in [1.29, 1.82) is 5.26 Å². The van der Waals surface area contributed by atoms with E-state index in [1.807, 2.05) is 13.8 Å². The van der Waals surface area contributed by atoms with Crippen molar-refractivity contribution in [3.05, 3.63) is 0 Å². The lowest BCUT2D eigenvalue weighted by Gasteiger charge is -2.23. The molecule has 1 unspecified atom stereocenters. The van der Waals surface area contributed by atoms with E-state index < -0.39 is 18.3 Å². The lowest BCUT2D eigenvalue weighted by Crippen LogP contribution is -2.40. The smallest absolute Gasteiger partial charge is 0.300 e. The minimum atomic E-state index is -4.14. The first-order valence-electron chi connectivity index (χ1n) is 6.14. The van der Waals surface area contributed by atoms with E-state index in [1.165, 1.54) is 11.9 Å². The number of halogens is 3. The van der Waals surface area contributed by atoms with Gasteiger partial charge in [-0.25, -0.2) is 0 Å². The second-order valence-electron chi connectivity index (χ2n) is 4.78. The molecular weight excluding hydrogens is 243 g/mol. The predicted octanol–water partition coefficient (Wildman–Crippen LogP) is 2.54. The number of unbranched alkanes of at least 4 members (excludes halogenated alkanes) is 1. The highest BCUT2D eigenvalue weighted by Crippen LogP contribution is 2.17. The van der Waals surface area contributed by atoms with Crippen molar-refractivity contribution in [2.24, 2.45) is 0 Å². The Morgan fingerprint density at radius 1 is 1.28 bits per heavy atom. The van der Waals surface area contributed by atoms with Crippen LogP contribution in [0.1, 0.15) is 33.1 Å². The van der Waals surface area contributed by atoms with Crippen molar-refractivity contribution < 1.29 is 13.2 Å². The summed E-state index contributed by atoms with van der Waals surface area (Å²) in [4.78, 5) is 1.26. The van der Waals surface area contributed by atoms with E-state index >= 15 is 0 Å². The summed E-state index contributed by atoms with van der Waals surface area (Å²) in [5, 5.41) is 12.1. The molecule has 0 bridgehead atoms. The Hall–Kier alpha value is -0.800. The normalized spacial score (nSPS) is 15.4. The topological polar surface area (TPSA) is 39.1 Å². The third-order valence-corrected chi connectivity index (χ3v) is 2.73. The molecule has 0 spiro atoms. The molecule has 6 heteroatoms. The van der Waals surface area contributed by atoms with Crippen molar-refractivity contribution in [2.45, 2.75) is 44.8 Å². The van der Waals surface area contributed by atoms with Crippen molar-refractivity contribution in [2.75, 3.05) is 26.7 Å². The number of hydrogen-bond acceptors (Lipinski definition) is 3. The number of nitriles is 1. The van der Waals surface area contributed by atoms with Crippen LogP contribution in [0.3, 0.4) is 0 Å².